The fourth-order valence-electron chi connectivity index (χ4n) is 3.32. The SMILES string of the molecule is CC(O)C(NC(=O)CCCc1ccc2c(c1)CC(=O)N2)c1ccccc1F. The van der Waals surface area contributed by atoms with E-state index in [1.165, 1.54) is 13.0 Å². The smallest absolute Gasteiger partial charge is 0.228 e. The average molecular weight is 370 g/mol. The number of halogens is 1. The standard InChI is InChI=1S/C21H23FN2O3/c1-13(25)21(16-6-2-3-7-17(16)22)24-19(26)8-4-5-14-9-10-18-15(11-14)12-20(27)23-18/h2-3,6-7,9-11,13,21,25H,4-5,8,12H2,1H3,(H,23,27)(H,24,26). The summed E-state index contributed by atoms with van der Waals surface area (Å²) in [6.07, 6.45) is 1.07. The Morgan fingerprint density at radius 3 is 2.81 bits per heavy atom. The molecule has 0 fully saturated rings. The Morgan fingerprint density at radius 2 is 2.07 bits per heavy atom. The van der Waals surface area contributed by atoms with E-state index in [1.54, 1.807) is 18.2 Å². The van der Waals surface area contributed by atoms with E-state index >= 15 is 0 Å². The van der Waals surface area contributed by atoms with Gasteiger partial charge in [0.1, 0.15) is 5.82 Å². The van der Waals surface area contributed by atoms with Gasteiger partial charge in [-0.15, -0.1) is 0 Å². The van der Waals surface area contributed by atoms with Crippen LogP contribution in [0.3, 0.4) is 0 Å². The lowest BCUT2D eigenvalue weighted by atomic mass is 10.0. The zero-order chi connectivity index (χ0) is 19.4. The number of amides is 2. The molecular formula is C21H23FN2O3. The van der Waals surface area contributed by atoms with E-state index in [-0.39, 0.29) is 23.8 Å². The summed E-state index contributed by atoms with van der Waals surface area (Å²) in [7, 11) is 0. The van der Waals surface area contributed by atoms with E-state index in [9.17, 15) is 19.1 Å². The molecule has 1 aliphatic rings. The highest BCUT2D eigenvalue weighted by Crippen LogP contribution is 2.25. The molecule has 0 saturated carbocycles. The van der Waals surface area contributed by atoms with Gasteiger partial charge in [-0.3, -0.25) is 9.59 Å². The van der Waals surface area contributed by atoms with Gasteiger partial charge < -0.3 is 15.7 Å². The Balaban J connectivity index is 1.54. The lowest BCUT2D eigenvalue weighted by Gasteiger charge is -2.22. The molecule has 0 aliphatic carbocycles. The first-order valence-electron chi connectivity index (χ1n) is 9.07. The number of rotatable bonds is 7. The van der Waals surface area contributed by atoms with Gasteiger partial charge in [0.15, 0.2) is 0 Å². The molecule has 27 heavy (non-hydrogen) atoms. The Morgan fingerprint density at radius 1 is 1.30 bits per heavy atom. The maximum Gasteiger partial charge on any atom is 0.228 e. The molecule has 1 heterocycles. The summed E-state index contributed by atoms with van der Waals surface area (Å²) < 4.78 is 14.0. The van der Waals surface area contributed by atoms with Crippen molar-refractivity contribution in [3.63, 3.8) is 0 Å². The molecule has 0 spiro atoms. The van der Waals surface area contributed by atoms with Crippen molar-refractivity contribution in [2.24, 2.45) is 0 Å². The molecule has 3 N–H and O–H groups in total. The number of hydrogen-bond acceptors (Lipinski definition) is 3. The number of carbonyl (C=O) groups excluding carboxylic acids is 2. The first-order valence-corrected chi connectivity index (χ1v) is 9.07. The van der Waals surface area contributed by atoms with Crippen LogP contribution in [0.15, 0.2) is 42.5 Å². The van der Waals surface area contributed by atoms with Crippen molar-refractivity contribution in [1.82, 2.24) is 5.32 Å². The molecular weight excluding hydrogens is 347 g/mol. The van der Waals surface area contributed by atoms with Crippen LogP contribution in [0, 0.1) is 5.82 Å². The third kappa shape index (κ3) is 4.71. The summed E-state index contributed by atoms with van der Waals surface area (Å²) in [5.74, 6) is -0.689. The third-order valence-corrected chi connectivity index (χ3v) is 4.70. The van der Waals surface area contributed by atoms with Crippen molar-refractivity contribution in [2.75, 3.05) is 5.32 Å². The van der Waals surface area contributed by atoms with Gasteiger partial charge in [-0.1, -0.05) is 30.3 Å². The van der Waals surface area contributed by atoms with Crippen LogP contribution in [0.4, 0.5) is 10.1 Å². The minimum Gasteiger partial charge on any atom is -0.391 e. The van der Waals surface area contributed by atoms with E-state index in [1.807, 2.05) is 18.2 Å². The van der Waals surface area contributed by atoms with Crippen LogP contribution in [-0.2, 0) is 22.4 Å². The monoisotopic (exact) mass is 370 g/mol. The highest BCUT2D eigenvalue weighted by molar-refractivity contribution is 5.99. The second-order valence-corrected chi connectivity index (χ2v) is 6.88. The van der Waals surface area contributed by atoms with Crippen molar-refractivity contribution in [2.45, 2.75) is 44.8 Å². The number of anilines is 1. The molecule has 2 atom stereocenters. The Labute approximate surface area is 157 Å². The molecule has 0 aromatic heterocycles. The summed E-state index contributed by atoms with van der Waals surface area (Å²) in [6.45, 7) is 1.53. The summed E-state index contributed by atoms with van der Waals surface area (Å²) in [4.78, 5) is 23.7. The summed E-state index contributed by atoms with van der Waals surface area (Å²) in [5, 5.41) is 15.5. The van der Waals surface area contributed by atoms with Gasteiger partial charge in [0, 0.05) is 17.7 Å². The molecule has 142 valence electrons. The molecule has 2 unspecified atom stereocenters. The van der Waals surface area contributed by atoms with Crippen LogP contribution in [0.1, 0.15) is 42.5 Å². The maximum absolute atomic E-state index is 14.0. The Bertz CT molecular complexity index is 851. The molecule has 0 radical (unpaired) electrons. The molecule has 1 aliphatic heterocycles. The van der Waals surface area contributed by atoms with Crippen LogP contribution < -0.4 is 10.6 Å². The van der Waals surface area contributed by atoms with Gasteiger partial charge in [0.2, 0.25) is 11.8 Å². The molecule has 0 bridgehead atoms. The van der Waals surface area contributed by atoms with Gasteiger partial charge in [-0.2, -0.15) is 0 Å². The summed E-state index contributed by atoms with van der Waals surface area (Å²) in [6, 6.07) is 11.2. The van der Waals surface area contributed by atoms with Crippen LogP contribution in [-0.4, -0.2) is 23.0 Å². The number of aliphatic hydroxyl groups is 1. The quantitative estimate of drug-likeness (QED) is 0.701. The van der Waals surface area contributed by atoms with E-state index in [0.717, 1.165) is 16.8 Å². The zero-order valence-electron chi connectivity index (χ0n) is 15.2. The largest absolute Gasteiger partial charge is 0.391 e. The highest BCUT2D eigenvalue weighted by atomic mass is 19.1. The van der Waals surface area contributed by atoms with Crippen molar-refractivity contribution >= 4 is 17.5 Å². The summed E-state index contributed by atoms with van der Waals surface area (Å²) >= 11 is 0. The predicted octanol–water partition coefficient (Wildman–Crippen LogP) is 2.88. The van der Waals surface area contributed by atoms with Gasteiger partial charge in [-0.25, -0.2) is 4.39 Å². The van der Waals surface area contributed by atoms with Crippen molar-refractivity contribution < 1.29 is 19.1 Å². The fraction of sp³-hybridized carbons (Fsp3) is 0.333. The molecule has 0 saturated heterocycles. The number of nitrogens with one attached hydrogen (secondary N) is 2. The predicted molar refractivity (Wildman–Crippen MR) is 101 cm³/mol. The zero-order valence-corrected chi connectivity index (χ0v) is 15.2. The minimum atomic E-state index is -0.910. The fourth-order valence-corrected chi connectivity index (χ4v) is 3.32. The average Bonchev–Trinajstić information content (AvgIpc) is 2.99. The Kier molecular flexibility index (Phi) is 5.86. The van der Waals surface area contributed by atoms with Crippen molar-refractivity contribution in [3.05, 3.63) is 65.0 Å². The lowest BCUT2D eigenvalue weighted by Crippen LogP contribution is -2.35. The van der Waals surface area contributed by atoms with Crippen LogP contribution in [0.5, 0.6) is 0 Å². The van der Waals surface area contributed by atoms with Crippen LogP contribution in [0.2, 0.25) is 0 Å². The molecule has 5 nitrogen and oxygen atoms in total. The van der Waals surface area contributed by atoms with Crippen molar-refractivity contribution in [3.8, 4) is 0 Å². The van der Waals surface area contributed by atoms with E-state index in [0.29, 0.717) is 19.3 Å². The van der Waals surface area contributed by atoms with Gasteiger partial charge in [0.05, 0.1) is 18.6 Å². The van der Waals surface area contributed by atoms with E-state index in [2.05, 4.69) is 10.6 Å². The number of carbonyl (C=O) groups is 2. The molecule has 2 aromatic rings. The van der Waals surface area contributed by atoms with Gasteiger partial charge >= 0.3 is 0 Å². The van der Waals surface area contributed by atoms with Gasteiger partial charge in [-0.05, 0) is 43.0 Å². The first kappa shape index (κ1) is 19.0. The number of aryl methyl sites for hydroxylation is 1. The highest BCUT2D eigenvalue weighted by Gasteiger charge is 2.22. The molecule has 2 aromatic carbocycles. The minimum absolute atomic E-state index is 0.00108. The second-order valence-electron chi connectivity index (χ2n) is 6.88. The van der Waals surface area contributed by atoms with Crippen LogP contribution >= 0.6 is 0 Å². The number of benzene rings is 2. The Hall–Kier alpha value is -2.73. The number of aliphatic hydroxyl groups excluding tert-OH is 1. The lowest BCUT2D eigenvalue weighted by molar-refractivity contribution is -0.122. The number of fused-ring (bicyclic) bond motifs is 1. The van der Waals surface area contributed by atoms with E-state index in [4.69, 9.17) is 0 Å². The molecule has 6 heteroatoms. The maximum atomic E-state index is 14.0. The van der Waals surface area contributed by atoms with Crippen LogP contribution in [0.25, 0.3) is 0 Å². The van der Waals surface area contributed by atoms with E-state index < -0.39 is 18.0 Å². The molecule has 3 rings (SSSR count). The third-order valence-electron chi connectivity index (χ3n) is 4.70. The second kappa shape index (κ2) is 8.31. The number of hydrogen-bond donors (Lipinski definition) is 3. The summed E-state index contributed by atoms with van der Waals surface area (Å²) in [5.41, 5.74) is 3.18. The van der Waals surface area contributed by atoms with Gasteiger partial charge in [0.25, 0.3) is 0 Å². The first-order chi connectivity index (χ1) is 12.9. The topological polar surface area (TPSA) is 78.4 Å². The molecule has 2 amide bonds. The van der Waals surface area contributed by atoms with Crippen molar-refractivity contribution in [1.29, 1.82) is 0 Å². The normalized spacial score (nSPS) is 15.0.